The van der Waals surface area contributed by atoms with Gasteiger partial charge in [-0.3, -0.25) is 4.55 Å². The average molecular weight is 1260 g/mol. The molecule has 0 bridgehead atoms. The van der Waals surface area contributed by atoms with Crippen LogP contribution in [-0.2, 0) is 24.1 Å². The molecule has 26 heteroatoms. The number of ether oxygens (including phenoxy) is 2. The van der Waals surface area contributed by atoms with E-state index in [1.807, 2.05) is 0 Å². The molecule has 2 saturated heterocycles. The van der Waals surface area contributed by atoms with E-state index >= 15 is 0 Å². The molecular formula is C60H102O25S. The Hall–Kier alpha value is -3.05. The normalized spacial score (nSPS) is 27.8. The Balaban J connectivity index is 1.84. The zero-order valence-electron chi connectivity index (χ0n) is 49.3. The van der Waals surface area contributed by atoms with Crippen LogP contribution in [-0.4, -0.2) is 257 Å². The van der Waals surface area contributed by atoms with Crippen LogP contribution in [0.2, 0.25) is 0 Å². The van der Waals surface area contributed by atoms with Crippen molar-refractivity contribution >= 4 is 10.4 Å². The Morgan fingerprint density at radius 3 is 1.84 bits per heavy atom. The van der Waals surface area contributed by atoms with Crippen molar-refractivity contribution in [2.24, 2.45) is 5.92 Å². The number of allylic oxidation sites excluding steroid dienone is 5. The van der Waals surface area contributed by atoms with Crippen LogP contribution >= 0.6 is 0 Å². The Morgan fingerprint density at radius 2 is 1.19 bits per heavy atom. The summed E-state index contributed by atoms with van der Waals surface area (Å²) in [4.78, 5) is 0. The van der Waals surface area contributed by atoms with Crippen LogP contribution in [0, 0.1) is 5.92 Å². The smallest absolute Gasteiger partial charge is 0.393 e. The lowest BCUT2D eigenvalue weighted by Crippen LogP contribution is -2.58. The van der Waals surface area contributed by atoms with Crippen LogP contribution < -0.4 is 0 Å². The van der Waals surface area contributed by atoms with E-state index in [9.17, 15) is 105 Å². The van der Waals surface area contributed by atoms with Crippen molar-refractivity contribution < 1.29 is 124 Å². The maximum atomic E-state index is 11.2. The maximum Gasteiger partial charge on any atom is 0.397 e. The summed E-state index contributed by atoms with van der Waals surface area (Å²) in [5, 5.41) is 203. The highest BCUT2D eigenvalue weighted by Gasteiger charge is 2.46. The zero-order valence-corrected chi connectivity index (χ0v) is 50.1. The number of aliphatic hydroxyl groups excluding tert-OH is 19. The van der Waals surface area contributed by atoms with Gasteiger partial charge in [-0.05, 0) is 96.0 Å². The van der Waals surface area contributed by atoms with Gasteiger partial charge < -0.3 is 106 Å². The standard InChI is InChI=1S/C60H102O25S/c1-5-6-18-38(61)20-11-13-22-41(64)42(65)23-15-16-25-45(68)59-55(76)49(72)34-51(85-59)58(79)52(73)36(3)27-29-43(66)50-33-48(71)57(78)60(84-50)56(77)46(69)31-35(2)26-28-40(63)32-47(70)54(75)37(4)53(74)44(67)24-14-12-21-39(62)19-10-8-7-9-17-30-83-86(80,81)82/h5,10-16,19-20,22,31,37-79H,1,3,6-9,17-18,21,23-30,32-34H2,2,4H3,(H,80,81,82). The fraction of sp³-hybridized carbons (Fsp3) is 0.733. The highest BCUT2D eigenvalue weighted by atomic mass is 32.3. The molecule has 20 N–H and O–H groups in total. The van der Waals surface area contributed by atoms with Gasteiger partial charge in [-0.2, -0.15) is 8.42 Å². The highest BCUT2D eigenvalue weighted by molar-refractivity contribution is 7.80. The van der Waals surface area contributed by atoms with Gasteiger partial charge in [0, 0.05) is 25.2 Å². The van der Waals surface area contributed by atoms with Gasteiger partial charge in [0.2, 0.25) is 0 Å². The minimum atomic E-state index is -4.46. The first-order valence-corrected chi connectivity index (χ1v) is 30.9. The summed E-state index contributed by atoms with van der Waals surface area (Å²) >= 11 is 0. The molecule has 0 saturated carbocycles. The van der Waals surface area contributed by atoms with Crippen molar-refractivity contribution in [1.82, 2.24) is 0 Å². The lowest BCUT2D eigenvalue weighted by molar-refractivity contribution is -0.228. The Morgan fingerprint density at radius 1 is 0.605 bits per heavy atom. The van der Waals surface area contributed by atoms with Gasteiger partial charge >= 0.3 is 10.4 Å². The molecule has 0 spiro atoms. The summed E-state index contributed by atoms with van der Waals surface area (Å²) in [6, 6.07) is 0. The molecule has 0 radical (unpaired) electrons. The van der Waals surface area contributed by atoms with Crippen LogP contribution in [0.3, 0.4) is 0 Å². The van der Waals surface area contributed by atoms with Crippen molar-refractivity contribution in [3.63, 3.8) is 0 Å². The largest absolute Gasteiger partial charge is 0.397 e. The van der Waals surface area contributed by atoms with E-state index in [2.05, 4.69) is 17.3 Å². The summed E-state index contributed by atoms with van der Waals surface area (Å²) in [6.45, 7) is 10.3. The average Bonchev–Trinajstić information content (AvgIpc) is 2.17. The third-order valence-electron chi connectivity index (χ3n) is 15.4. The lowest BCUT2D eigenvalue weighted by Gasteiger charge is -2.42. The second kappa shape index (κ2) is 41.4. The number of hydrogen-bond donors (Lipinski definition) is 20. The van der Waals surface area contributed by atoms with Crippen LogP contribution in [0.15, 0.2) is 97.2 Å². The van der Waals surface area contributed by atoms with E-state index in [0.717, 1.165) is 0 Å². The molecule has 0 aliphatic carbocycles. The molecule has 2 fully saturated rings. The monoisotopic (exact) mass is 1250 g/mol. The van der Waals surface area contributed by atoms with E-state index in [-0.39, 0.29) is 82.8 Å². The first kappa shape index (κ1) is 79.0. The summed E-state index contributed by atoms with van der Waals surface area (Å²) in [7, 11) is -4.46. The molecule has 2 heterocycles. The van der Waals surface area contributed by atoms with E-state index in [0.29, 0.717) is 44.1 Å². The van der Waals surface area contributed by atoms with Crippen LogP contribution in [0.25, 0.3) is 0 Å². The van der Waals surface area contributed by atoms with Gasteiger partial charge in [0.15, 0.2) is 0 Å². The second-order valence-electron chi connectivity index (χ2n) is 22.8. The molecule has 86 heavy (non-hydrogen) atoms. The number of hydrogen-bond acceptors (Lipinski definition) is 24. The van der Waals surface area contributed by atoms with Gasteiger partial charge in [0.1, 0.15) is 48.8 Å². The van der Waals surface area contributed by atoms with Gasteiger partial charge in [-0.25, -0.2) is 4.18 Å². The van der Waals surface area contributed by atoms with Gasteiger partial charge in [-0.1, -0.05) is 98.4 Å². The summed E-state index contributed by atoms with van der Waals surface area (Å²) < 4.78 is 45.5. The highest BCUT2D eigenvalue weighted by Crippen LogP contribution is 2.32. The lowest BCUT2D eigenvalue weighted by atomic mass is 9.87. The molecule has 0 aromatic rings. The predicted octanol–water partition coefficient (Wildman–Crippen LogP) is -1.06. The predicted molar refractivity (Wildman–Crippen MR) is 315 cm³/mol. The van der Waals surface area contributed by atoms with E-state index in [1.54, 1.807) is 37.3 Å². The van der Waals surface area contributed by atoms with Crippen molar-refractivity contribution in [3.05, 3.63) is 97.2 Å². The third-order valence-corrected chi connectivity index (χ3v) is 15.9. The van der Waals surface area contributed by atoms with E-state index in [1.165, 1.54) is 49.5 Å². The van der Waals surface area contributed by atoms with Crippen molar-refractivity contribution in [2.75, 3.05) is 6.61 Å². The van der Waals surface area contributed by atoms with E-state index < -0.39 is 157 Å². The molecule has 0 amide bonds. The molecular weight excluding hydrogens is 1150 g/mol. The Bertz CT molecular complexity index is 2190. The topological polar surface area (TPSA) is 466 Å². The SMILES string of the molecule is C=CCCC(O)C=CC=CC(O)C(O)CC=CCC(O)C1OC(C(O)C(O)C(=C)CCC(O)C2CC(O)C(O)C(C(O)C(O)C=C(C)CCC(O)CC(O)C(O)C(C)C(O)C(O)CC=CCC(O)C=CCCCCCOS(=O)(=O)O)O2)CC(O)C1O. The van der Waals surface area contributed by atoms with Crippen molar-refractivity contribution in [3.8, 4) is 0 Å². The molecule has 0 aromatic heterocycles. The molecule has 2 aliphatic heterocycles. The third kappa shape index (κ3) is 29.7. The van der Waals surface area contributed by atoms with Crippen molar-refractivity contribution in [2.45, 2.75) is 263 Å². The van der Waals surface area contributed by atoms with Gasteiger partial charge in [0.05, 0.1) is 98.2 Å². The summed E-state index contributed by atoms with van der Waals surface area (Å²) in [5.74, 6) is -1.04. The molecule has 25 nitrogen and oxygen atoms in total. The molecule has 2 rings (SSSR count). The van der Waals surface area contributed by atoms with Gasteiger partial charge in [0.25, 0.3) is 0 Å². The fourth-order valence-corrected chi connectivity index (χ4v) is 10.2. The number of rotatable bonds is 43. The molecule has 0 aromatic carbocycles. The van der Waals surface area contributed by atoms with Crippen LogP contribution in [0.1, 0.15) is 123 Å². The Kier molecular flexibility index (Phi) is 38.0. The van der Waals surface area contributed by atoms with Crippen LogP contribution in [0.4, 0.5) is 0 Å². The minimum Gasteiger partial charge on any atom is -0.393 e. The van der Waals surface area contributed by atoms with E-state index in [4.69, 9.17) is 14.0 Å². The van der Waals surface area contributed by atoms with Crippen LogP contribution in [0.5, 0.6) is 0 Å². The first-order valence-electron chi connectivity index (χ1n) is 29.5. The van der Waals surface area contributed by atoms with Gasteiger partial charge in [-0.15, -0.1) is 6.58 Å². The second-order valence-corrected chi connectivity index (χ2v) is 23.9. The molecule has 24 unspecified atom stereocenters. The number of aliphatic hydroxyl groups is 19. The number of unbranched alkanes of at least 4 members (excludes halogenated alkanes) is 3. The first-order chi connectivity index (χ1) is 40.4. The minimum absolute atomic E-state index is 0.00238. The summed E-state index contributed by atoms with van der Waals surface area (Å²) in [5.41, 5.74) is 0.440. The molecule has 2 aliphatic rings. The summed E-state index contributed by atoms with van der Waals surface area (Å²) in [6.07, 6.45) is -12.3. The zero-order chi connectivity index (χ0) is 64.8. The quantitative estimate of drug-likeness (QED) is 0.0150. The Labute approximate surface area is 505 Å². The van der Waals surface area contributed by atoms with Crippen molar-refractivity contribution in [1.29, 1.82) is 0 Å². The fourth-order valence-electron chi connectivity index (χ4n) is 9.83. The molecule has 24 atom stereocenters. The maximum absolute atomic E-state index is 11.2. The molecule has 498 valence electrons.